The van der Waals surface area contributed by atoms with Crippen LogP contribution in [0.15, 0.2) is 24.4 Å². The normalized spacial score (nSPS) is 16.1. The Hall–Kier alpha value is -2.24. The first kappa shape index (κ1) is 12.8. The van der Waals surface area contributed by atoms with Crippen molar-refractivity contribution in [2.45, 2.75) is 0 Å². The van der Waals surface area contributed by atoms with E-state index in [1.165, 1.54) is 12.3 Å². The molecule has 20 heavy (non-hydrogen) atoms. The highest BCUT2D eigenvalue weighted by Gasteiger charge is 2.23. The van der Waals surface area contributed by atoms with Crippen molar-refractivity contribution in [1.29, 1.82) is 0 Å². The number of amides is 1. The van der Waals surface area contributed by atoms with Crippen LogP contribution in [0.5, 0.6) is 0 Å². The molecule has 6 heteroatoms. The lowest BCUT2D eigenvalue weighted by Gasteiger charge is -2.34. The molecule has 2 aromatic rings. The molecule has 1 amide bonds. The highest BCUT2D eigenvalue weighted by molar-refractivity contribution is 5.94. The molecule has 104 valence electrons. The summed E-state index contributed by atoms with van der Waals surface area (Å²) in [6.07, 6.45) is 1.47. The summed E-state index contributed by atoms with van der Waals surface area (Å²) < 4.78 is 27.2. The Morgan fingerprint density at radius 2 is 2.05 bits per heavy atom. The molecule has 0 aliphatic carbocycles. The van der Waals surface area contributed by atoms with Crippen LogP contribution >= 0.6 is 0 Å². The van der Waals surface area contributed by atoms with Gasteiger partial charge in [-0.15, -0.1) is 0 Å². The first-order valence-corrected chi connectivity index (χ1v) is 6.29. The molecule has 0 saturated carbocycles. The third-order valence-electron chi connectivity index (χ3n) is 3.54. The van der Waals surface area contributed by atoms with Gasteiger partial charge in [0.05, 0.1) is 6.54 Å². The molecular formula is C14H13F2N3O. The second kappa shape index (κ2) is 4.70. The Labute approximate surface area is 114 Å². The maximum Gasteiger partial charge on any atom is 0.241 e. The number of anilines is 1. The van der Waals surface area contributed by atoms with E-state index < -0.39 is 11.6 Å². The molecule has 2 heterocycles. The number of carbonyl (C=O) groups excluding carboxylic acids is 1. The fourth-order valence-corrected chi connectivity index (χ4v) is 2.40. The predicted molar refractivity (Wildman–Crippen MR) is 71.5 cm³/mol. The van der Waals surface area contributed by atoms with Crippen molar-refractivity contribution < 1.29 is 13.6 Å². The Bertz CT molecular complexity index is 689. The Morgan fingerprint density at radius 3 is 2.80 bits per heavy atom. The fraction of sp³-hybridized carbons (Fsp3) is 0.286. The first-order valence-electron chi connectivity index (χ1n) is 6.29. The number of halogens is 2. The van der Waals surface area contributed by atoms with Gasteiger partial charge < -0.3 is 9.80 Å². The second-order valence-electron chi connectivity index (χ2n) is 4.85. The lowest BCUT2D eigenvalue weighted by atomic mass is 10.1. The van der Waals surface area contributed by atoms with Gasteiger partial charge in [-0.2, -0.15) is 0 Å². The zero-order valence-electron chi connectivity index (χ0n) is 10.9. The van der Waals surface area contributed by atoms with Gasteiger partial charge in [0.2, 0.25) is 5.91 Å². The van der Waals surface area contributed by atoms with Crippen molar-refractivity contribution in [2.24, 2.45) is 0 Å². The van der Waals surface area contributed by atoms with E-state index in [9.17, 15) is 13.6 Å². The van der Waals surface area contributed by atoms with Crippen LogP contribution in [0, 0.1) is 11.6 Å². The smallest absolute Gasteiger partial charge is 0.241 e. The van der Waals surface area contributed by atoms with Gasteiger partial charge in [-0.3, -0.25) is 9.78 Å². The van der Waals surface area contributed by atoms with Crippen molar-refractivity contribution in [3.8, 4) is 0 Å². The van der Waals surface area contributed by atoms with Crippen LogP contribution in [-0.4, -0.2) is 42.5 Å². The molecule has 1 aromatic carbocycles. The Kier molecular flexibility index (Phi) is 3.00. The third kappa shape index (κ3) is 2.07. The van der Waals surface area contributed by atoms with Gasteiger partial charge in [-0.25, -0.2) is 8.78 Å². The van der Waals surface area contributed by atoms with E-state index in [4.69, 9.17) is 0 Å². The summed E-state index contributed by atoms with van der Waals surface area (Å²) in [5.74, 6) is -1.36. The number of benzene rings is 1. The van der Waals surface area contributed by atoms with Crippen LogP contribution in [0.4, 0.5) is 14.5 Å². The van der Waals surface area contributed by atoms with Gasteiger partial charge in [0.1, 0.15) is 11.3 Å². The first-order chi connectivity index (χ1) is 9.56. The maximum absolute atomic E-state index is 13.7. The number of hydrogen-bond acceptors (Lipinski definition) is 3. The van der Waals surface area contributed by atoms with Gasteiger partial charge in [0, 0.05) is 43.5 Å². The quantitative estimate of drug-likeness (QED) is 0.797. The molecular weight excluding hydrogens is 264 g/mol. The summed E-state index contributed by atoms with van der Waals surface area (Å²) in [7, 11) is 1.74. The van der Waals surface area contributed by atoms with Crippen molar-refractivity contribution in [3.63, 3.8) is 0 Å². The standard InChI is InChI=1S/C14H13F2N3O/c1-18-4-5-19(8-13(18)20)12-2-3-17-14-10(12)6-9(15)7-11(14)16/h2-3,6-7H,4-5,8H2,1H3. The van der Waals surface area contributed by atoms with Gasteiger partial charge in [0.25, 0.3) is 0 Å². The Balaban J connectivity index is 2.10. The van der Waals surface area contributed by atoms with Crippen molar-refractivity contribution in [2.75, 3.05) is 31.6 Å². The summed E-state index contributed by atoms with van der Waals surface area (Å²) in [6, 6.07) is 3.75. The minimum atomic E-state index is -0.692. The zero-order chi connectivity index (χ0) is 14.3. The molecule has 3 rings (SSSR count). The molecule has 1 aliphatic rings. The van der Waals surface area contributed by atoms with Gasteiger partial charge in [-0.1, -0.05) is 0 Å². The minimum absolute atomic E-state index is 0.0157. The van der Waals surface area contributed by atoms with Crippen LogP contribution < -0.4 is 4.90 Å². The van der Waals surface area contributed by atoms with Crippen LogP contribution in [0.3, 0.4) is 0 Å². The van der Waals surface area contributed by atoms with Crippen LogP contribution in [0.25, 0.3) is 10.9 Å². The van der Waals surface area contributed by atoms with Crippen molar-refractivity contribution in [1.82, 2.24) is 9.88 Å². The zero-order valence-corrected chi connectivity index (χ0v) is 10.9. The third-order valence-corrected chi connectivity index (χ3v) is 3.54. The summed E-state index contributed by atoms with van der Waals surface area (Å²) in [5, 5.41) is 0.391. The highest BCUT2D eigenvalue weighted by Crippen LogP contribution is 2.28. The van der Waals surface area contributed by atoms with Crippen LogP contribution in [0.2, 0.25) is 0 Å². The second-order valence-corrected chi connectivity index (χ2v) is 4.85. The number of aromatic nitrogens is 1. The van der Waals surface area contributed by atoms with Crippen molar-refractivity contribution >= 4 is 22.5 Å². The number of carbonyl (C=O) groups is 1. The summed E-state index contributed by atoms with van der Waals surface area (Å²) in [5.41, 5.74) is 0.755. The molecule has 0 bridgehead atoms. The summed E-state index contributed by atoms with van der Waals surface area (Å²) in [6.45, 7) is 1.41. The fourth-order valence-electron chi connectivity index (χ4n) is 2.40. The molecule has 0 N–H and O–H groups in total. The molecule has 1 saturated heterocycles. The molecule has 0 atom stereocenters. The molecule has 0 unspecified atom stereocenters. The van der Waals surface area contributed by atoms with Crippen LogP contribution in [-0.2, 0) is 4.79 Å². The molecule has 0 spiro atoms. The SMILES string of the molecule is CN1CCN(c2ccnc3c(F)cc(F)cc23)CC1=O. The number of hydrogen-bond donors (Lipinski definition) is 0. The average molecular weight is 277 g/mol. The van der Waals surface area contributed by atoms with E-state index in [0.717, 1.165) is 6.07 Å². The largest absolute Gasteiger partial charge is 0.360 e. The number of likely N-dealkylation sites (N-methyl/N-ethyl adjacent to an activating group) is 1. The highest BCUT2D eigenvalue weighted by atomic mass is 19.1. The number of rotatable bonds is 1. The predicted octanol–water partition coefficient (Wildman–Crippen LogP) is 1.79. The maximum atomic E-state index is 13.7. The minimum Gasteiger partial charge on any atom is -0.360 e. The molecule has 1 aromatic heterocycles. The van der Waals surface area contributed by atoms with E-state index >= 15 is 0 Å². The average Bonchev–Trinajstić information content (AvgIpc) is 2.41. The van der Waals surface area contributed by atoms with Crippen LogP contribution in [0.1, 0.15) is 0 Å². The van der Waals surface area contributed by atoms with E-state index in [2.05, 4.69) is 4.98 Å². The van der Waals surface area contributed by atoms with Gasteiger partial charge in [0.15, 0.2) is 5.82 Å². The topological polar surface area (TPSA) is 36.4 Å². The van der Waals surface area contributed by atoms with E-state index in [-0.39, 0.29) is 18.0 Å². The monoisotopic (exact) mass is 277 g/mol. The summed E-state index contributed by atoms with van der Waals surface area (Å²) >= 11 is 0. The lowest BCUT2D eigenvalue weighted by Crippen LogP contribution is -2.48. The number of fused-ring (bicyclic) bond motifs is 1. The summed E-state index contributed by atoms with van der Waals surface area (Å²) in [4.78, 5) is 19.2. The molecule has 0 radical (unpaired) electrons. The number of pyridine rings is 1. The number of piperazine rings is 1. The van der Waals surface area contributed by atoms with Gasteiger partial charge >= 0.3 is 0 Å². The molecule has 4 nitrogen and oxygen atoms in total. The Morgan fingerprint density at radius 1 is 1.25 bits per heavy atom. The van der Waals surface area contributed by atoms with E-state index in [0.29, 0.717) is 24.2 Å². The lowest BCUT2D eigenvalue weighted by molar-refractivity contribution is -0.129. The molecule has 1 fully saturated rings. The van der Waals surface area contributed by atoms with E-state index in [1.54, 1.807) is 18.0 Å². The van der Waals surface area contributed by atoms with Crippen molar-refractivity contribution in [3.05, 3.63) is 36.0 Å². The van der Waals surface area contributed by atoms with E-state index in [1.807, 2.05) is 4.90 Å². The molecule has 1 aliphatic heterocycles. The number of nitrogens with zero attached hydrogens (tertiary/aromatic N) is 3. The van der Waals surface area contributed by atoms with Gasteiger partial charge in [-0.05, 0) is 12.1 Å².